The molecule has 26 heavy (non-hydrogen) atoms. The van der Waals surface area contributed by atoms with E-state index in [1.807, 2.05) is 30.3 Å². The fourth-order valence-corrected chi connectivity index (χ4v) is 1.97. The molecule has 0 aromatic heterocycles. The number of nitro benzene ring substituents is 1. The monoisotopic (exact) mass is 369 g/mol. The van der Waals surface area contributed by atoms with Crippen molar-refractivity contribution in [2.75, 3.05) is 12.0 Å². The first-order valence-electron chi connectivity index (χ1n) is 7.29. The molecule has 0 saturated heterocycles. The van der Waals surface area contributed by atoms with Gasteiger partial charge in [0.25, 0.3) is 11.6 Å². The van der Waals surface area contributed by atoms with Gasteiger partial charge in [0, 0.05) is 6.07 Å². The molecule has 2 rings (SSSR count). The molecule has 0 radical (unpaired) electrons. The van der Waals surface area contributed by atoms with Gasteiger partial charge in [-0.1, -0.05) is 30.3 Å². The number of nitrogens with zero attached hydrogens (tertiary/aromatic N) is 1. The van der Waals surface area contributed by atoms with Crippen LogP contribution in [0.25, 0.3) is 0 Å². The Morgan fingerprint density at radius 1 is 1.15 bits per heavy atom. The Balaban J connectivity index is 1.91. The quantitative estimate of drug-likeness (QED) is 0.577. The number of nitro groups is 1. The fourth-order valence-electron chi connectivity index (χ4n) is 1.97. The number of hydrogen-bond acceptors (Lipinski definition) is 5. The third-order valence-corrected chi connectivity index (χ3v) is 3.20. The van der Waals surface area contributed by atoms with Crippen LogP contribution in [-0.2, 0) is 22.3 Å². The van der Waals surface area contributed by atoms with Gasteiger partial charge in [0.1, 0.15) is 12.3 Å². The molecule has 0 spiro atoms. The van der Waals surface area contributed by atoms with E-state index in [4.69, 9.17) is 4.74 Å². The summed E-state index contributed by atoms with van der Waals surface area (Å²) >= 11 is 0. The number of rotatable bonds is 7. The molecule has 2 N–H and O–H groups in total. The van der Waals surface area contributed by atoms with Crippen LogP contribution < -0.4 is 10.9 Å². The van der Waals surface area contributed by atoms with Crippen LogP contribution in [-0.4, -0.2) is 17.4 Å². The van der Waals surface area contributed by atoms with E-state index < -0.39 is 28.3 Å². The molecule has 0 aliphatic carbocycles. The second kappa shape index (κ2) is 8.30. The summed E-state index contributed by atoms with van der Waals surface area (Å²) in [6.07, 6.45) is -4.71. The average molecular weight is 369 g/mol. The van der Waals surface area contributed by atoms with E-state index >= 15 is 0 Å². The van der Waals surface area contributed by atoms with E-state index in [0.29, 0.717) is 12.1 Å². The Morgan fingerprint density at radius 2 is 1.85 bits per heavy atom. The standard InChI is InChI=1S/C16H14F3N3O4/c17-16(18,19)12-6-7-13(14(8-12)22(24)25)20-21-15(23)10-26-9-11-4-2-1-3-5-11/h1-8,20H,9-10H2,(H,21,23). The number of carbonyl (C=O) groups is 1. The minimum absolute atomic E-state index is 0.189. The number of alkyl halides is 3. The van der Waals surface area contributed by atoms with Crippen LogP contribution in [0.2, 0.25) is 0 Å². The van der Waals surface area contributed by atoms with Crippen molar-refractivity contribution in [3.8, 4) is 0 Å². The van der Waals surface area contributed by atoms with Crippen molar-refractivity contribution in [2.45, 2.75) is 12.8 Å². The van der Waals surface area contributed by atoms with Crippen LogP contribution in [0.4, 0.5) is 24.5 Å². The maximum atomic E-state index is 12.6. The smallest absolute Gasteiger partial charge is 0.367 e. The molecule has 7 nitrogen and oxygen atoms in total. The van der Waals surface area contributed by atoms with Crippen molar-refractivity contribution in [2.24, 2.45) is 0 Å². The number of carbonyl (C=O) groups excluding carboxylic acids is 1. The topological polar surface area (TPSA) is 93.5 Å². The molecule has 0 unspecified atom stereocenters. The normalized spacial score (nSPS) is 11.0. The number of halogens is 3. The first-order chi connectivity index (χ1) is 12.3. The van der Waals surface area contributed by atoms with Gasteiger partial charge < -0.3 is 4.74 Å². The van der Waals surface area contributed by atoms with Crippen molar-refractivity contribution in [1.82, 2.24) is 5.43 Å². The van der Waals surface area contributed by atoms with Crippen LogP contribution in [0, 0.1) is 10.1 Å². The van der Waals surface area contributed by atoms with Gasteiger partial charge in [-0.3, -0.25) is 25.8 Å². The van der Waals surface area contributed by atoms with E-state index in [1.165, 1.54) is 0 Å². The van der Waals surface area contributed by atoms with Gasteiger partial charge in [-0.2, -0.15) is 13.2 Å². The average Bonchev–Trinajstić information content (AvgIpc) is 2.60. The summed E-state index contributed by atoms with van der Waals surface area (Å²) in [5, 5.41) is 10.9. The maximum Gasteiger partial charge on any atom is 0.416 e. The fraction of sp³-hybridized carbons (Fsp3) is 0.188. The molecule has 0 bridgehead atoms. The lowest BCUT2D eigenvalue weighted by molar-refractivity contribution is -0.384. The Bertz CT molecular complexity index is 782. The Kier molecular flexibility index (Phi) is 6.12. The van der Waals surface area contributed by atoms with Crippen molar-refractivity contribution < 1.29 is 27.6 Å². The lowest BCUT2D eigenvalue weighted by atomic mass is 10.1. The summed E-state index contributed by atoms with van der Waals surface area (Å²) < 4.78 is 43.1. The zero-order valence-corrected chi connectivity index (χ0v) is 13.2. The Hall–Kier alpha value is -3.14. The summed E-state index contributed by atoms with van der Waals surface area (Å²) in [7, 11) is 0. The van der Waals surface area contributed by atoms with Gasteiger partial charge in [-0.15, -0.1) is 0 Å². The molecule has 0 aliphatic rings. The highest BCUT2D eigenvalue weighted by atomic mass is 19.4. The first-order valence-corrected chi connectivity index (χ1v) is 7.29. The van der Waals surface area contributed by atoms with Gasteiger partial charge in [-0.05, 0) is 17.7 Å². The van der Waals surface area contributed by atoms with Crippen LogP contribution in [0.5, 0.6) is 0 Å². The molecule has 2 aromatic rings. The van der Waals surface area contributed by atoms with Crippen LogP contribution >= 0.6 is 0 Å². The molecular formula is C16H14F3N3O4. The number of ether oxygens (including phenoxy) is 1. The number of anilines is 1. The van der Waals surface area contributed by atoms with E-state index in [2.05, 4.69) is 10.9 Å². The second-order valence-corrected chi connectivity index (χ2v) is 5.14. The summed E-state index contributed by atoms with van der Waals surface area (Å²) in [6, 6.07) is 11.0. The van der Waals surface area contributed by atoms with Crippen LogP contribution in [0.15, 0.2) is 48.5 Å². The summed E-state index contributed by atoms with van der Waals surface area (Å²) in [5.74, 6) is -0.643. The molecule has 0 saturated carbocycles. The zero-order valence-electron chi connectivity index (χ0n) is 13.2. The molecule has 0 heterocycles. The molecule has 2 aromatic carbocycles. The minimum atomic E-state index is -4.71. The van der Waals surface area contributed by atoms with Crippen LogP contribution in [0.3, 0.4) is 0 Å². The molecule has 0 fully saturated rings. The highest BCUT2D eigenvalue weighted by Crippen LogP contribution is 2.34. The minimum Gasteiger partial charge on any atom is -0.367 e. The summed E-state index contributed by atoms with van der Waals surface area (Å²) in [4.78, 5) is 21.6. The van der Waals surface area contributed by atoms with Crippen molar-refractivity contribution in [1.29, 1.82) is 0 Å². The van der Waals surface area contributed by atoms with Gasteiger partial charge in [0.05, 0.1) is 17.1 Å². The largest absolute Gasteiger partial charge is 0.416 e. The lowest BCUT2D eigenvalue weighted by Crippen LogP contribution is -2.32. The van der Waals surface area contributed by atoms with E-state index in [-0.39, 0.29) is 18.9 Å². The van der Waals surface area contributed by atoms with E-state index in [0.717, 1.165) is 11.6 Å². The van der Waals surface area contributed by atoms with E-state index in [9.17, 15) is 28.1 Å². The predicted molar refractivity (Wildman–Crippen MR) is 86.0 cm³/mol. The number of nitrogens with one attached hydrogen (secondary N) is 2. The molecule has 0 aliphatic heterocycles. The van der Waals surface area contributed by atoms with Gasteiger partial charge in [0.15, 0.2) is 0 Å². The van der Waals surface area contributed by atoms with E-state index in [1.54, 1.807) is 0 Å². The summed E-state index contributed by atoms with van der Waals surface area (Å²) in [5.41, 5.74) is 2.97. The highest BCUT2D eigenvalue weighted by Gasteiger charge is 2.33. The number of amides is 1. The van der Waals surface area contributed by atoms with Crippen molar-refractivity contribution >= 4 is 17.3 Å². The Labute approximate surface area is 145 Å². The number of hydrogen-bond donors (Lipinski definition) is 2. The molecule has 10 heteroatoms. The number of benzene rings is 2. The maximum absolute atomic E-state index is 12.6. The number of hydrazine groups is 1. The third-order valence-electron chi connectivity index (χ3n) is 3.20. The third kappa shape index (κ3) is 5.45. The highest BCUT2D eigenvalue weighted by molar-refractivity contribution is 5.79. The molecular weight excluding hydrogens is 355 g/mol. The van der Waals surface area contributed by atoms with Gasteiger partial charge in [0.2, 0.25) is 0 Å². The SMILES string of the molecule is O=C(COCc1ccccc1)NNc1ccc(C(F)(F)F)cc1[N+](=O)[O-]. The molecule has 0 atom stereocenters. The first kappa shape index (κ1) is 19.2. The van der Waals surface area contributed by atoms with Gasteiger partial charge >= 0.3 is 6.18 Å². The predicted octanol–water partition coefficient (Wildman–Crippen LogP) is 3.27. The summed E-state index contributed by atoms with van der Waals surface area (Å²) in [6.45, 7) is -0.148. The van der Waals surface area contributed by atoms with Gasteiger partial charge in [-0.25, -0.2) is 0 Å². The van der Waals surface area contributed by atoms with Crippen molar-refractivity contribution in [3.05, 3.63) is 69.8 Å². The van der Waals surface area contributed by atoms with Crippen LogP contribution in [0.1, 0.15) is 11.1 Å². The second-order valence-electron chi connectivity index (χ2n) is 5.14. The molecule has 1 amide bonds. The lowest BCUT2D eigenvalue weighted by Gasteiger charge is -2.11. The molecule has 138 valence electrons. The van der Waals surface area contributed by atoms with Crippen molar-refractivity contribution in [3.63, 3.8) is 0 Å². The Morgan fingerprint density at radius 3 is 2.46 bits per heavy atom. The zero-order chi connectivity index (χ0) is 19.2.